The van der Waals surface area contributed by atoms with Crippen LogP contribution in [0.5, 0.6) is 0 Å². The number of fused-ring (bicyclic) bond motifs is 1. The van der Waals surface area contributed by atoms with E-state index in [1.165, 1.54) is 62.6 Å². The number of rotatable bonds is 6. The maximum absolute atomic E-state index is 4.79. The first-order valence-corrected chi connectivity index (χ1v) is 8.77. The summed E-state index contributed by atoms with van der Waals surface area (Å²) in [6.45, 7) is 3.18. The van der Waals surface area contributed by atoms with E-state index in [-0.39, 0.29) is 0 Å². The lowest BCUT2D eigenvalue weighted by Crippen LogP contribution is -2.21. The molecule has 0 amide bonds. The van der Waals surface area contributed by atoms with E-state index in [0.29, 0.717) is 6.04 Å². The molecule has 1 aromatic heterocycles. The molecule has 4 heteroatoms. The van der Waals surface area contributed by atoms with Gasteiger partial charge in [0.25, 0.3) is 0 Å². The van der Waals surface area contributed by atoms with Gasteiger partial charge in [-0.1, -0.05) is 26.2 Å². The van der Waals surface area contributed by atoms with Crippen LogP contribution in [0.4, 0.5) is 11.8 Å². The number of unbranched alkanes of at least 4 members (excludes halogenated alkanes) is 1. The fourth-order valence-corrected chi connectivity index (χ4v) is 3.43. The summed E-state index contributed by atoms with van der Waals surface area (Å²) in [5.74, 6) is 1.94. The molecule has 116 valence electrons. The Morgan fingerprint density at radius 1 is 1.05 bits per heavy atom. The van der Waals surface area contributed by atoms with E-state index in [1.54, 1.807) is 0 Å². The van der Waals surface area contributed by atoms with Gasteiger partial charge in [-0.3, -0.25) is 0 Å². The Morgan fingerprint density at radius 3 is 2.67 bits per heavy atom. The van der Waals surface area contributed by atoms with E-state index in [9.17, 15) is 0 Å². The maximum atomic E-state index is 4.79. The van der Waals surface area contributed by atoms with Gasteiger partial charge in [-0.2, -0.15) is 4.98 Å². The third kappa shape index (κ3) is 3.66. The third-order valence-electron chi connectivity index (χ3n) is 4.69. The van der Waals surface area contributed by atoms with Crippen LogP contribution >= 0.6 is 0 Å². The summed E-state index contributed by atoms with van der Waals surface area (Å²) in [6.07, 6.45) is 12.4. The largest absolute Gasteiger partial charge is 0.367 e. The lowest BCUT2D eigenvalue weighted by atomic mass is 9.96. The van der Waals surface area contributed by atoms with Crippen molar-refractivity contribution in [2.45, 2.75) is 77.2 Å². The number of nitrogens with zero attached hydrogens (tertiary/aromatic N) is 2. The van der Waals surface area contributed by atoms with Gasteiger partial charge in [-0.05, 0) is 44.9 Å². The monoisotopic (exact) mass is 288 g/mol. The van der Waals surface area contributed by atoms with Crippen LogP contribution in [0.1, 0.15) is 69.5 Å². The zero-order chi connectivity index (χ0) is 14.5. The summed E-state index contributed by atoms with van der Waals surface area (Å²) < 4.78 is 0. The predicted octanol–water partition coefficient (Wildman–Crippen LogP) is 3.92. The van der Waals surface area contributed by atoms with Gasteiger partial charge in [0, 0.05) is 18.2 Å². The standard InChI is InChI=1S/C17H28N4/c1-2-3-12-18-17-20-15-11-7-6-10-14(15)16(21-17)19-13-8-4-5-9-13/h13H,2-12H2,1H3,(H2,18,19,20,21). The van der Waals surface area contributed by atoms with Crippen LogP contribution < -0.4 is 10.6 Å². The quantitative estimate of drug-likeness (QED) is 0.779. The van der Waals surface area contributed by atoms with Crippen LogP contribution in [-0.2, 0) is 12.8 Å². The molecule has 1 heterocycles. The number of hydrogen-bond acceptors (Lipinski definition) is 4. The highest BCUT2D eigenvalue weighted by molar-refractivity contribution is 5.52. The van der Waals surface area contributed by atoms with Gasteiger partial charge >= 0.3 is 0 Å². The van der Waals surface area contributed by atoms with Crippen molar-refractivity contribution < 1.29 is 0 Å². The van der Waals surface area contributed by atoms with Crippen molar-refractivity contribution >= 4 is 11.8 Å². The summed E-state index contributed by atoms with van der Waals surface area (Å²) in [4.78, 5) is 9.55. The molecule has 2 N–H and O–H groups in total. The van der Waals surface area contributed by atoms with Gasteiger partial charge in [0.1, 0.15) is 5.82 Å². The molecular weight excluding hydrogens is 260 g/mol. The van der Waals surface area contributed by atoms with E-state index >= 15 is 0 Å². The molecule has 0 atom stereocenters. The van der Waals surface area contributed by atoms with Gasteiger partial charge in [0.15, 0.2) is 0 Å². The van der Waals surface area contributed by atoms with Crippen LogP contribution in [0.2, 0.25) is 0 Å². The Balaban J connectivity index is 1.78. The van der Waals surface area contributed by atoms with Crippen molar-refractivity contribution in [2.24, 2.45) is 0 Å². The van der Waals surface area contributed by atoms with Gasteiger partial charge in [0.05, 0.1) is 5.69 Å². The fraction of sp³-hybridized carbons (Fsp3) is 0.765. The van der Waals surface area contributed by atoms with Gasteiger partial charge < -0.3 is 10.6 Å². The topological polar surface area (TPSA) is 49.8 Å². The smallest absolute Gasteiger partial charge is 0.224 e. The summed E-state index contributed by atoms with van der Waals surface area (Å²) in [5.41, 5.74) is 2.66. The maximum Gasteiger partial charge on any atom is 0.224 e. The second kappa shape index (κ2) is 7.10. The van der Waals surface area contributed by atoms with Gasteiger partial charge in [-0.25, -0.2) is 4.98 Å². The number of aromatic nitrogens is 2. The highest BCUT2D eigenvalue weighted by Crippen LogP contribution is 2.29. The first-order valence-electron chi connectivity index (χ1n) is 8.77. The fourth-order valence-electron chi connectivity index (χ4n) is 3.43. The summed E-state index contributed by atoms with van der Waals surface area (Å²) in [5, 5.41) is 7.11. The zero-order valence-electron chi connectivity index (χ0n) is 13.2. The number of nitrogens with one attached hydrogen (secondary N) is 2. The molecule has 21 heavy (non-hydrogen) atoms. The molecule has 0 aromatic carbocycles. The Kier molecular flexibility index (Phi) is 4.94. The first kappa shape index (κ1) is 14.6. The molecule has 2 aliphatic carbocycles. The molecule has 1 fully saturated rings. The Morgan fingerprint density at radius 2 is 1.86 bits per heavy atom. The normalized spacial score (nSPS) is 18.5. The minimum atomic E-state index is 0.620. The highest BCUT2D eigenvalue weighted by atomic mass is 15.2. The molecule has 3 rings (SSSR count). The third-order valence-corrected chi connectivity index (χ3v) is 4.69. The van der Waals surface area contributed by atoms with E-state index in [4.69, 9.17) is 9.97 Å². The Bertz CT molecular complexity index is 466. The van der Waals surface area contributed by atoms with Crippen molar-refractivity contribution in [2.75, 3.05) is 17.2 Å². The van der Waals surface area contributed by atoms with Gasteiger partial charge in [-0.15, -0.1) is 0 Å². The van der Waals surface area contributed by atoms with Crippen LogP contribution in [0.15, 0.2) is 0 Å². The Labute approximate surface area is 128 Å². The molecule has 0 unspecified atom stereocenters. The second-order valence-electron chi connectivity index (χ2n) is 6.43. The van der Waals surface area contributed by atoms with Crippen molar-refractivity contribution in [3.8, 4) is 0 Å². The average molecular weight is 288 g/mol. The van der Waals surface area contributed by atoms with Crippen molar-refractivity contribution in [1.82, 2.24) is 9.97 Å². The predicted molar refractivity (Wildman–Crippen MR) is 88.0 cm³/mol. The molecule has 1 saturated carbocycles. The number of hydrogen-bond donors (Lipinski definition) is 2. The summed E-state index contributed by atoms with van der Waals surface area (Å²) >= 11 is 0. The molecule has 2 aliphatic rings. The van der Waals surface area contributed by atoms with Crippen molar-refractivity contribution in [3.05, 3.63) is 11.3 Å². The number of aryl methyl sites for hydroxylation is 1. The van der Waals surface area contributed by atoms with Crippen LogP contribution in [0, 0.1) is 0 Å². The Hall–Kier alpha value is -1.32. The highest BCUT2D eigenvalue weighted by Gasteiger charge is 2.21. The van der Waals surface area contributed by atoms with Crippen molar-refractivity contribution in [1.29, 1.82) is 0 Å². The minimum absolute atomic E-state index is 0.620. The molecular formula is C17H28N4. The summed E-state index contributed by atoms with van der Waals surface area (Å²) in [6, 6.07) is 0.620. The SMILES string of the molecule is CCCCNc1nc2c(c(NC3CCCC3)n1)CCCC2. The molecule has 0 aliphatic heterocycles. The molecule has 0 spiro atoms. The zero-order valence-corrected chi connectivity index (χ0v) is 13.2. The van der Waals surface area contributed by atoms with E-state index in [2.05, 4.69) is 17.6 Å². The van der Waals surface area contributed by atoms with E-state index in [1.807, 2.05) is 0 Å². The molecule has 0 bridgehead atoms. The van der Waals surface area contributed by atoms with Crippen LogP contribution in [0.25, 0.3) is 0 Å². The van der Waals surface area contributed by atoms with Crippen LogP contribution in [-0.4, -0.2) is 22.6 Å². The number of anilines is 2. The van der Waals surface area contributed by atoms with Crippen LogP contribution in [0.3, 0.4) is 0 Å². The first-order chi connectivity index (χ1) is 10.4. The van der Waals surface area contributed by atoms with Crippen molar-refractivity contribution in [3.63, 3.8) is 0 Å². The van der Waals surface area contributed by atoms with E-state index in [0.717, 1.165) is 31.2 Å². The minimum Gasteiger partial charge on any atom is -0.367 e. The molecule has 0 radical (unpaired) electrons. The summed E-state index contributed by atoms with van der Waals surface area (Å²) in [7, 11) is 0. The molecule has 0 saturated heterocycles. The molecule has 4 nitrogen and oxygen atoms in total. The second-order valence-corrected chi connectivity index (χ2v) is 6.43. The van der Waals surface area contributed by atoms with Gasteiger partial charge in [0.2, 0.25) is 5.95 Å². The lowest BCUT2D eigenvalue weighted by Gasteiger charge is -2.22. The average Bonchev–Trinajstić information content (AvgIpc) is 3.01. The molecule has 1 aromatic rings. The van der Waals surface area contributed by atoms with E-state index < -0.39 is 0 Å². The lowest BCUT2D eigenvalue weighted by molar-refractivity contribution is 0.658.